The van der Waals surface area contributed by atoms with E-state index < -0.39 is 6.04 Å². The van der Waals surface area contributed by atoms with Crippen molar-refractivity contribution in [2.75, 3.05) is 17.2 Å². The summed E-state index contributed by atoms with van der Waals surface area (Å²) in [5, 5.41) is 15.2. The maximum atomic E-state index is 12.4. The molecule has 0 bridgehead atoms. The van der Waals surface area contributed by atoms with E-state index in [-0.39, 0.29) is 24.7 Å². The fraction of sp³-hybridized carbons (Fsp3) is 0.136. The van der Waals surface area contributed by atoms with Gasteiger partial charge in [-0.3, -0.25) is 4.79 Å². The zero-order chi connectivity index (χ0) is 22.2. The number of carbonyl (C=O) groups is 1. The highest BCUT2D eigenvalue weighted by atomic mass is 79.9. The van der Waals surface area contributed by atoms with E-state index >= 15 is 0 Å². The second-order valence-corrected chi connectivity index (χ2v) is 7.35. The Hall–Kier alpha value is -3.61. The lowest BCUT2D eigenvalue weighted by atomic mass is 10.0. The first-order valence-corrected chi connectivity index (χ1v) is 10.0. The Morgan fingerprint density at radius 1 is 1.26 bits per heavy atom. The van der Waals surface area contributed by atoms with Gasteiger partial charge in [-0.2, -0.15) is 4.98 Å². The molecule has 8 nitrogen and oxygen atoms in total. The first kappa shape index (κ1) is 22.1. The smallest absolute Gasteiger partial charge is 0.233 e. The van der Waals surface area contributed by atoms with E-state index in [0.717, 1.165) is 5.56 Å². The van der Waals surface area contributed by atoms with Crippen molar-refractivity contribution in [1.82, 2.24) is 9.97 Å². The number of carbonyl (C=O) groups excluding carboxylic acids is 1. The number of amides is 1. The lowest BCUT2D eigenvalue weighted by molar-refractivity contribution is -0.116. The average molecular weight is 482 g/mol. The molecule has 5 N–H and O–H groups in total. The van der Waals surface area contributed by atoms with E-state index in [1.807, 2.05) is 6.07 Å². The molecule has 158 valence electrons. The van der Waals surface area contributed by atoms with Crippen LogP contribution in [0.1, 0.15) is 18.0 Å². The summed E-state index contributed by atoms with van der Waals surface area (Å²) in [6.07, 6.45) is 6.86. The predicted molar refractivity (Wildman–Crippen MR) is 122 cm³/mol. The zero-order valence-electron chi connectivity index (χ0n) is 16.4. The molecule has 0 spiro atoms. The molecule has 3 aromatic rings. The van der Waals surface area contributed by atoms with Crippen LogP contribution in [0.25, 0.3) is 0 Å². The minimum Gasteiger partial charge on any atom is -0.508 e. The Labute approximate surface area is 188 Å². The molecule has 0 aliphatic carbocycles. The Kier molecular flexibility index (Phi) is 7.43. The van der Waals surface area contributed by atoms with Crippen molar-refractivity contribution >= 4 is 39.2 Å². The molecular weight excluding hydrogens is 462 g/mol. The van der Waals surface area contributed by atoms with Gasteiger partial charge in [0.1, 0.15) is 5.75 Å². The Morgan fingerprint density at radius 2 is 2.00 bits per heavy atom. The van der Waals surface area contributed by atoms with Gasteiger partial charge in [-0.1, -0.05) is 24.1 Å². The Morgan fingerprint density at radius 3 is 2.74 bits per heavy atom. The van der Waals surface area contributed by atoms with Crippen LogP contribution >= 0.6 is 15.9 Å². The number of aromatic nitrogens is 2. The van der Waals surface area contributed by atoms with Gasteiger partial charge in [0.25, 0.3) is 0 Å². The molecule has 0 aliphatic rings. The van der Waals surface area contributed by atoms with Crippen LogP contribution in [0.3, 0.4) is 0 Å². The first-order valence-electron chi connectivity index (χ1n) is 9.25. The van der Waals surface area contributed by atoms with Crippen LogP contribution in [0.5, 0.6) is 11.6 Å². The maximum absolute atomic E-state index is 12.4. The second-order valence-electron chi connectivity index (χ2n) is 6.50. The summed E-state index contributed by atoms with van der Waals surface area (Å²) in [4.78, 5) is 20.8. The summed E-state index contributed by atoms with van der Waals surface area (Å²) < 4.78 is 5.95. The molecule has 1 unspecified atom stereocenters. The number of nitrogens with one attached hydrogen (secondary N) is 2. The van der Waals surface area contributed by atoms with Crippen molar-refractivity contribution in [3.8, 4) is 24.0 Å². The van der Waals surface area contributed by atoms with Crippen LogP contribution in [-0.2, 0) is 4.79 Å². The number of nitrogens with zero attached hydrogens (tertiary/aromatic N) is 2. The SMILES string of the molecule is C#CCOc1nc(Nc2cccc(NC(=O)CC(N)c3ccc(O)cc3)c2)ncc1Br. The predicted octanol–water partition coefficient (Wildman–Crippen LogP) is 3.73. The standard InChI is InChI=1S/C22H20BrN5O3/c1-2-10-31-21-18(23)13-25-22(28-21)27-16-5-3-4-15(11-16)26-20(30)12-19(24)14-6-8-17(29)9-7-14/h1,3-9,11,13,19,29H,10,12,24H2,(H,26,30)(H,25,27,28). The van der Waals surface area contributed by atoms with Gasteiger partial charge < -0.3 is 26.2 Å². The van der Waals surface area contributed by atoms with Gasteiger partial charge >= 0.3 is 0 Å². The first-order chi connectivity index (χ1) is 14.9. The number of terminal acetylenes is 1. The van der Waals surface area contributed by atoms with Gasteiger partial charge in [-0.05, 0) is 51.8 Å². The van der Waals surface area contributed by atoms with Crippen molar-refractivity contribution in [2.24, 2.45) is 5.73 Å². The molecule has 0 aliphatic heterocycles. The van der Waals surface area contributed by atoms with E-state index in [2.05, 4.69) is 42.5 Å². The van der Waals surface area contributed by atoms with Gasteiger partial charge in [-0.15, -0.1) is 6.42 Å². The van der Waals surface area contributed by atoms with Crippen molar-refractivity contribution in [1.29, 1.82) is 0 Å². The molecule has 31 heavy (non-hydrogen) atoms. The molecule has 1 atom stereocenters. The molecule has 0 fully saturated rings. The Balaban J connectivity index is 1.63. The lowest BCUT2D eigenvalue weighted by Gasteiger charge is -2.13. The molecule has 1 aromatic heterocycles. The molecule has 0 radical (unpaired) electrons. The Bertz CT molecular complexity index is 1100. The number of rotatable bonds is 8. The van der Waals surface area contributed by atoms with Gasteiger partial charge in [0, 0.05) is 23.8 Å². The third-order valence-corrected chi connectivity index (χ3v) is 4.68. The number of anilines is 3. The number of nitrogens with two attached hydrogens (primary N) is 1. The van der Waals surface area contributed by atoms with Crippen LogP contribution in [0, 0.1) is 12.3 Å². The van der Waals surface area contributed by atoms with Crippen molar-refractivity contribution in [3.05, 3.63) is 64.8 Å². The van der Waals surface area contributed by atoms with Crippen molar-refractivity contribution < 1.29 is 14.6 Å². The molecule has 2 aromatic carbocycles. The highest BCUT2D eigenvalue weighted by Gasteiger charge is 2.13. The van der Waals surface area contributed by atoms with Crippen LogP contribution in [0.2, 0.25) is 0 Å². The summed E-state index contributed by atoms with van der Waals surface area (Å²) >= 11 is 3.31. The normalized spacial score (nSPS) is 11.3. The number of phenolic OH excluding ortho intramolecular Hbond substituents is 1. The molecule has 0 saturated carbocycles. The van der Waals surface area contributed by atoms with E-state index in [4.69, 9.17) is 16.9 Å². The van der Waals surface area contributed by atoms with Gasteiger partial charge in [0.2, 0.25) is 17.7 Å². The number of phenols is 1. The number of halogens is 1. The number of hydrogen-bond donors (Lipinski definition) is 4. The number of hydrogen-bond acceptors (Lipinski definition) is 7. The molecule has 1 heterocycles. The average Bonchev–Trinajstić information content (AvgIpc) is 2.74. The monoisotopic (exact) mass is 481 g/mol. The topological polar surface area (TPSA) is 122 Å². The number of aromatic hydroxyl groups is 1. The van der Waals surface area contributed by atoms with Crippen molar-refractivity contribution in [3.63, 3.8) is 0 Å². The fourth-order valence-electron chi connectivity index (χ4n) is 2.68. The summed E-state index contributed by atoms with van der Waals surface area (Å²) in [6, 6.07) is 13.1. The highest BCUT2D eigenvalue weighted by molar-refractivity contribution is 9.10. The number of ether oxygens (including phenoxy) is 1. The van der Waals surface area contributed by atoms with Gasteiger partial charge in [-0.25, -0.2) is 4.98 Å². The zero-order valence-corrected chi connectivity index (χ0v) is 18.0. The van der Waals surface area contributed by atoms with E-state index in [0.29, 0.717) is 27.7 Å². The molecule has 3 rings (SSSR count). The largest absolute Gasteiger partial charge is 0.508 e. The van der Waals surface area contributed by atoms with Crippen LogP contribution in [0.15, 0.2) is 59.2 Å². The summed E-state index contributed by atoms with van der Waals surface area (Å²) in [5.41, 5.74) is 8.12. The summed E-state index contributed by atoms with van der Waals surface area (Å²) in [7, 11) is 0. The van der Waals surface area contributed by atoms with E-state index in [1.165, 1.54) is 12.1 Å². The minimum atomic E-state index is -0.487. The maximum Gasteiger partial charge on any atom is 0.233 e. The lowest BCUT2D eigenvalue weighted by Crippen LogP contribution is -2.20. The molecule has 1 amide bonds. The summed E-state index contributed by atoms with van der Waals surface area (Å²) in [6.45, 7) is 0.0862. The van der Waals surface area contributed by atoms with Gasteiger partial charge in [0.15, 0.2) is 6.61 Å². The quantitative estimate of drug-likeness (QED) is 0.361. The second kappa shape index (κ2) is 10.4. The minimum absolute atomic E-state index is 0.0862. The summed E-state index contributed by atoms with van der Waals surface area (Å²) in [5.74, 6) is 2.93. The molecule has 9 heteroatoms. The fourth-order valence-corrected chi connectivity index (χ4v) is 2.98. The third-order valence-electron chi connectivity index (χ3n) is 4.13. The third kappa shape index (κ3) is 6.44. The van der Waals surface area contributed by atoms with E-state index in [9.17, 15) is 9.90 Å². The van der Waals surface area contributed by atoms with Crippen LogP contribution in [-0.4, -0.2) is 27.6 Å². The number of benzene rings is 2. The molecular formula is C22H20BrN5O3. The highest BCUT2D eigenvalue weighted by Crippen LogP contribution is 2.25. The van der Waals surface area contributed by atoms with Crippen LogP contribution in [0.4, 0.5) is 17.3 Å². The molecule has 0 saturated heterocycles. The van der Waals surface area contributed by atoms with E-state index in [1.54, 1.807) is 36.5 Å². The van der Waals surface area contributed by atoms with Crippen LogP contribution < -0.4 is 21.1 Å². The van der Waals surface area contributed by atoms with Gasteiger partial charge in [0.05, 0.1) is 10.7 Å². The van der Waals surface area contributed by atoms with Crippen molar-refractivity contribution in [2.45, 2.75) is 12.5 Å².